The topological polar surface area (TPSA) is 105 Å². The SMILES string of the molecule is CNC(=O)NC(=O)C(C)OC(=O)c1cc(Br)ccc1O. The highest BCUT2D eigenvalue weighted by molar-refractivity contribution is 9.10. The maximum atomic E-state index is 11.8. The maximum Gasteiger partial charge on any atom is 0.342 e. The van der Waals surface area contributed by atoms with Gasteiger partial charge in [-0.25, -0.2) is 9.59 Å². The fourth-order valence-electron chi connectivity index (χ4n) is 1.23. The number of amides is 3. The molecule has 1 rings (SSSR count). The van der Waals surface area contributed by atoms with Gasteiger partial charge in [0.2, 0.25) is 0 Å². The van der Waals surface area contributed by atoms with E-state index < -0.39 is 24.0 Å². The van der Waals surface area contributed by atoms with Gasteiger partial charge in [0.05, 0.1) is 0 Å². The van der Waals surface area contributed by atoms with Gasteiger partial charge in [0.25, 0.3) is 5.91 Å². The van der Waals surface area contributed by atoms with Gasteiger partial charge >= 0.3 is 12.0 Å². The largest absolute Gasteiger partial charge is 0.507 e. The zero-order chi connectivity index (χ0) is 15.3. The molecule has 7 nitrogen and oxygen atoms in total. The molecule has 0 aromatic heterocycles. The molecule has 0 spiro atoms. The molecule has 1 unspecified atom stereocenters. The number of phenolic OH excluding ortho intramolecular Hbond substituents is 1. The van der Waals surface area contributed by atoms with Crippen molar-refractivity contribution in [1.29, 1.82) is 0 Å². The molecule has 3 amide bonds. The minimum atomic E-state index is -1.18. The third kappa shape index (κ3) is 4.23. The maximum absolute atomic E-state index is 11.8. The average molecular weight is 345 g/mol. The standard InChI is InChI=1S/C12H13BrN2O5/c1-6(10(17)15-12(19)14-2)20-11(18)8-5-7(13)3-4-9(8)16/h3-6,16H,1-2H3,(H2,14,15,17,19). The smallest absolute Gasteiger partial charge is 0.342 e. The van der Waals surface area contributed by atoms with Crippen molar-refractivity contribution in [2.24, 2.45) is 0 Å². The summed E-state index contributed by atoms with van der Waals surface area (Å²) in [6.07, 6.45) is -1.18. The van der Waals surface area contributed by atoms with Crippen LogP contribution < -0.4 is 10.6 Å². The Hall–Kier alpha value is -2.09. The summed E-state index contributed by atoms with van der Waals surface area (Å²) in [5.41, 5.74) is -0.0843. The van der Waals surface area contributed by atoms with Crippen molar-refractivity contribution in [2.45, 2.75) is 13.0 Å². The van der Waals surface area contributed by atoms with Crippen molar-refractivity contribution >= 4 is 33.8 Å². The molecule has 0 radical (unpaired) electrons. The van der Waals surface area contributed by atoms with Gasteiger partial charge in [0, 0.05) is 11.5 Å². The van der Waals surface area contributed by atoms with Crippen LogP contribution in [0.4, 0.5) is 4.79 Å². The predicted molar refractivity (Wildman–Crippen MR) is 73.3 cm³/mol. The number of nitrogens with one attached hydrogen (secondary N) is 2. The summed E-state index contributed by atoms with van der Waals surface area (Å²) >= 11 is 3.15. The van der Waals surface area contributed by atoms with E-state index in [1.807, 2.05) is 5.32 Å². The lowest BCUT2D eigenvalue weighted by molar-refractivity contribution is -0.127. The lowest BCUT2D eigenvalue weighted by Crippen LogP contribution is -2.43. The highest BCUT2D eigenvalue weighted by Gasteiger charge is 2.22. The van der Waals surface area contributed by atoms with Gasteiger partial charge in [-0.2, -0.15) is 0 Å². The highest BCUT2D eigenvalue weighted by Crippen LogP contribution is 2.22. The van der Waals surface area contributed by atoms with Crippen LogP contribution >= 0.6 is 15.9 Å². The van der Waals surface area contributed by atoms with Gasteiger partial charge in [0.1, 0.15) is 11.3 Å². The number of esters is 1. The van der Waals surface area contributed by atoms with Crippen LogP contribution in [0.25, 0.3) is 0 Å². The summed E-state index contributed by atoms with van der Waals surface area (Å²) in [5, 5.41) is 13.7. The number of hydrogen-bond donors (Lipinski definition) is 3. The molecule has 0 saturated carbocycles. The van der Waals surface area contributed by atoms with Crippen molar-refractivity contribution in [3.63, 3.8) is 0 Å². The summed E-state index contributed by atoms with van der Waals surface area (Å²) in [4.78, 5) is 34.3. The van der Waals surface area contributed by atoms with E-state index in [1.165, 1.54) is 26.1 Å². The Kier molecular flexibility index (Phi) is 5.51. The number of carbonyl (C=O) groups excluding carboxylic acids is 3. The summed E-state index contributed by atoms with van der Waals surface area (Å²) in [5.74, 6) is -1.91. The quantitative estimate of drug-likeness (QED) is 0.713. The van der Waals surface area contributed by atoms with Gasteiger partial charge in [-0.05, 0) is 25.1 Å². The first-order valence-electron chi connectivity index (χ1n) is 5.57. The van der Waals surface area contributed by atoms with Crippen LogP contribution in [0.1, 0.15) is 17.3 Å². The number of hydrogen-bond acceptors (Lipinski definition) is 5. The Morgan fingerprint density at radius 2 is 2.00 bits per heavy atom. The number of benzene rings is 1. The molecule has 0 aliphatic rings. The Morgan fingerprint density at radius 1 is 1.35 bits per heavy atom. The molecule has 0 aliphatic carbocycles. The number of rotatable bonds is 3. The molecule has 1 aromatic carbocycles. The fraction of sp³-hybridized carbons (Fsp3) is 0.250. The molecule has 1 atom stereocenters. The van der Waals surface area contributed by atoms with Gasteiger partial charge in [-0.3, -0.25) is 10.1 Å². The average Bonchev–Trinajstić information content (AvgIpc) is 2.40. The van der Waals surface area contributed by atoms with Gasteiger partial charge in [-0.15, -0.1) is 0 Å². The van der Waals surface area contributed by atoms with E-state index in [-0.39, 0.29) is 11.3 Å². The fourth-order valence-corrected chi connectivity index (χ4v) is 1.59. The van der Waals surface area contributed by atoms with E-state index in [0.29, 0.717) is 4.47 Å². The first kappa shape index (κ1) is 16.0. The molecule has 0 heterocycles. The van der Waals surface area contributed by atoms with Crippen LogP contribution in [0.15, 0.2) is 22.7 Å². The Balaban J connectivity index is 2.72. The third-order valence-electron chi connectivity index (χ3n) is 2.30. The molecule has 8 heteroatoms. The van der Waals surface area contributed by atoms with Crippen molar-refractivity contribution in [2.75, 3.05) is 7.05 Å². The van der Waals surface area contributed by atoms with E-state index >= 15 is 0 Å². The molecule has 1 aromatic rings. The molecule has 0 saturated heterocycles. The van der Waals surface area contributed by atoms with E-state index in [2.05, 4.69) is 21.2 Å². The Labute approximate surface area is 123 Å². The summed E-state index contributed by atoms with van der Waals surface area (Å²) in [7, 11) is 1.35. The summed E-state index contributed by atoms with van der Waals surface area (Å²) in [6.45, 7) is 1.31. The number of imide groups is 1. The van der Waals surface area contributed by atoms with Crippen LogP contribution in [0.2, 0.25) is 0 Å². The third-order valence-corrected chi connectivity index (χ3v) is 2.79. The Bertz CT molecular complexity index is 547. The first-order chi connectivity index (χ1) is 9.35. The molecular formula is C12H13BrN2O5. The number of ether oxygens (including phenoxy) is 1. The number of halogens is 1. The molecule has 20 heavy (non-hydrogen) atoms. The molecule has 0 bridgehead atoms. The van der Waals surface area contributed by atoms with E-state index in [1.54, 1.807) is 6.07 Å². The second-order valence-corrected chi connectivity index (χ2v) is 4.69. The van der Waals surface area contributed by atoms with E-state index in [9.17, 15) is 19.5 Å². The summed E-state index contributed by atoms with van der Waals surface area (Å²) < 4.78 is 5.44. The second-order valence-electron chi connectivity index (χ2n) is 3.78. The lowest BCUT2D eigenvalue weighted by Gasteiger charge is -2.13. The van der Waals surface area contributed by atoms with E-state index in [4.69, 9.17) is 4.74 Å². The predicted octanol–water partition coefficient (Wildman–Crippen LogP) is 1.16. The minimum Gasteiger partial charge on any atom is -0.507 e. The molecule has 3 N–H and O–H groups in total. The van der Waals surface area contributed by atoms with Crippen LogP contribution in [0, 0.1) is 0 Å². The van der Waals surface area contributed by atoms with E-state index in [0.717, 1.165) is 0 Å². The van der Waals surface area contributed by atoms with Crippen LogP contribution in [0.5, 0.6) is 5.75 Å². The second kappa shape index (κ2) is 6.90. The van der Waals surface area contributed by atoms with Gasteiger partial charge in [0.15, 0.2) is 6.10 Å². The molecule has 0 aliphatic heterocycles. The molecule has 0 fully saturated rings. The molecule has 108 valence electrons. The zero-order valence-electron chi connectivity index (χ0n) is 10.8. The first-order valence-corrected chi connectivity index (χ1v) is 6.36. The van der Waals surface area contributed by atoms with Gasteiger partial charge in [-0.1, -0.05) is 15.9 Å². The Morgan fingerprint density at radius 3 is 2.60 bits per heavy atom. The monoisotopic (exact) mass is 344 g/mol. The number of phenols is 1. The van der Waals surface area contributed by atoms with Crippen LogP contribution in [-0.4, -0.2) is 36.2 Å². The lowest BCUT2D eigenvalue weighted by atomic mass is 10.2. The van der Waals surface area contributed by atoms with Gasteiger partial charge < -0.3 is 15.2 Å². The highest BCUT2D eigenvalue weighted by atomic mass is 79.9. The number of aromatic hydroxyl groups is 1. The van der Waals surface area contributed by atoms with Crippen LogP contribution in [0.3, 0.4) is 0 Å². The normalized spacial score (nSPS) is 11.3. The number of urea groups is 1. The zero-order valence-corrected chi connectivity index (χ0v) is 12.4. The van der Waals surface area contributed by atoms with Crippen molar-refractivity contribution in [1.82, 2.24) is 10.6 Å². The minimum absolute atomic E-state index is 0.0843. The van der Waals surface area contributed by atoms with Crippen molar-refractivity contribution < 1.29 is 24.2 Å². The molecular weight excluding hydrogens is 332 g/mol. The van der Waals surface area contributed by atoms with Crippen LogP contribution in [-0.2, 0) is 9.53 Å². The number of carbonyl (C=O) groups is 3. The van der Waals surface area contributed by atoms with Crippen molar-refractivity contribution in [3.8, 4) is 5.75 Å². The summed E-state index contributed by atoms with van der Waals surface area (Å²) in [6, 6.07) is 3.52. The van der Waals surface area contributed by atoms with Crippen molar-refractivity contribution in [3.05, 3.63) is 28.2 Å².